The second-order valence-corrected chi connectivity index (χ2v) is 3.91. The molecule has 1 atom stereocenters. The van der Waals surface area contributed by atoms with E-state index in [1.165, 1.54) is 11.1 Å². The van der Waals surface area contributed by atoms with Crippen LogP contribution in [0.25, 0.3) is 0 Å². The molecule has 0 aliphatic rings. The number of benzene rings is 1. The van der Waals surface area contributed by atoms with Crippen LogP contribution in [-0.4, -0.2) is 4.57 Å². The van der Waals surface area contributed by atoms with Gasteiger partial charge in [-0.2, -0.15) is 0 Å². The Morgan fingerprint density at radius 3 is 2.53 bits per heavy atom. The van der Waals surface area contributed by atoms with Crippen LogP contribution in [0.5, 0.6) is 0 Å². The fourth-order valence-electron chi connectivity index (χ4n) is 1.75. The summed E-state index contributed by atoms with van der Waals surface area (Å²) >= 11 is 0. The van der Waals surface area contributed by atoms with Crippen LogP contribution in [0, 0.1) is 0 Å². The maximum Gasteiger partial charge on any atom is 0.0336 e. The third-order valence-corrected chi connectivity index (χ3v) is 2.58. The molecule has 1 unspecified atom stereocenters. The molecule has 0 aliphatic carbocycles. The molecule has 1 heterocycles. The molecule has 2 rings (SSSR count). The van der Waals surface area contributed by atoms with Crippen molar-refractivity contribution in [3.63, 3.8) is 0 Å². The highest BCUT2D eigenvalue weighted by molar-refractivity contribution is 5.22. The van der Waals surface area contributed by atoms with Gasteiger partial charge >= 0.3 is 0 Å². The number of nitrogens with zero attached hydrogens (tertiary/aromatic N) is 1. The van der Waals surface area contributed by atoms with Gasteiger partial charge in [-0.05, 0) is 23.6 Å². The Balaban J connectivity index is 2.07. The lowest BCUT2D eigenvalue weighted by Gasteiger charge is -2.10. The van der Waals surface area contributed by atoms with Crippen LogP contribution < -0.4 is 5.73 Å². The third-order valence-electron chi connectivity index (χ3n) is 2.58. The zero-order valence-electron chi connectivity index (χ0n) is 8.93. The quantitative estimate of drug-likeness (QED) is 0.809. The summed E-state index contributed by atoms with van der Waals surface area (Å²) in [6.45, 7) is 0. The van der Waals surface area contributed by atoms with Gasteiger partial charge in [0, 0.05) is 25.5 Å². The van der Waals surface area contributed by atoms with Crippen molar-refractivity contribution >= 4 is 0 Å². The Morgan fingerprint density at radius 1 is 1.20 bits per heavy atom. The summed E-state index contributed by atoms with van der Waals surface area (Å²) in [6, 6.07) is 12.4. The predicted molar refractivity (Wildman–Crippen MR) is 62.5 cm³/mol. The molecule has 15 heavy (non-hydrogen) atoms. The zero-order chi connectivity index (χ0) is 10.7. The smallest absolute Gasteiger partial charge is 0.0336 e. The van der Waals surface area contributed by atoms with Crippen molar-refractivity contribution in [2.75, 3.05) is 0 Å². The Labute approximate surface area is 90.3 Å². The molecule has 0 fully saturated rings. The van der Waals surface area contributed by atoms with Gasteiger partial charge in [0.15, 0.2) is 0 Å². The van der Waals surface area contributed by atoms with Crippen LogP contribution in [0.1, 0.15) is 17.2 Å². The first kappa shape index (κ1) is 9.99. The monoisotopic (exact) mass is 200 g/mol. The largest absolute Gasteiger partial charge is 0.357 e. The number of rotatable bonds is 3. The van der Waals surface area contributed by atoms with Gasteiger partial charge in [-0.3, -0.25) is 0 Å². The predicted octanol–water partition coefficient (Wildman–Crippen LogP) is 2.27. The van der Waals surface area contributed by atoms with Crippen molar-refractivity contribution in [3.8, 4) is 0 Å². The van der Waals surface area contributed by atoms with E-state index in [1.807, 2.05) is 36.0 Å². The second-order valence-electron chi connectivity index (χ2n) is 3.91. The van der Waals surface area contributed by atoms with Gasteiger partial charge in [-0.15, -0.1) is 0 Å². The number of aromatic nitrogens is 1. The van der Waals surface area contributed by atoms with Crippen LogP contribution in [0.2, 0.25) is 0 Å². The van der Waals surface area contributed by atoms with Crippen molar-refractivity contribution < 1.29 is 0 Å². The van der Waals surface area contributed by atoms with E-state index in [-0.39, 0.29) is 6.04 Å². The normalized spacial score (nSPS) is 12.7. The topological polar surface area (TPSA) is 30.9 Å². The number of hydrogen-bond donors (Lipinski definition) is 1. The number of aryl methyl sites for hydroxylation is 1. The molecule has 1 aromatic carbocycles. The van der Waals surface area contributed by atoms with Crippen LogP contribution >= 0.6 is 0 Å². The molecule has 0 saturated carbocycles. The van der Waals surface area contributed by atoms with Gasteiger partial charge in [0.05, 0.1) is 0 Å². The third kappa shape index (κ3) is 2.48. The summed E-state index contributed by atoms with van der Waals surface area (Å²) in [6.07, 6.45) is 5.06. The molecule has 0 amide bonds. The molecular weight excluding hydrogens is 184 g/mol. The Morgan fingerprint density at radius 2 is 1.93 bits per heavy atom. The van der Waals surface area contributed by atoms with Gasteiger partial charge in [0.25, 0.3) is 0 Å². The first-order valence-corrected chi connectivity index (χ1v) is 5.17. The first-order valence-electron chi connectivity index (χ1n) is 5.17. The summed E-state index contributed by atoms with van der Waals surface area (Å²) < 4.78 is 2.05. The fourth-order valence-corrected chi connectivity index (χ4v) is 1.75. The zero-order valence-corrected chi connectivity index (χ0v) is 8.93. The van der Waals surface area contributed by atoms with E-state index in [0.717, 1.165) is 6.42 Å². The van der Waals surface area contributed by atoms with E-state index in [4.69, 9.17) is 5.73 Å². The number of nitrogens with two attached hydrogens (primary N) is 1. The molecule has 0 spiro atoms. The first-order chi connectivity index (χ1) is 7.25. The molecule has 0 radical (unpaired) electrons. The van der Waals surface area contributed by atoms with Crippen molar-refractivity contribution in [3.05, 3.63) is 59.9 Å². The molecule has 2 N–H and O–H groups in total. The fraction of sp³-hybridized carbons (Fsp3) is 0.231. The molecule has 78 valence electrons. The molecule has 1 aromatic heterocycles. The lowest BCUT2D eigenvalue weighted by atomic mass is 10.0. The minimum atomic E-state index is 0.0913. The van der Waals surface area contributed by atoms with Crippen molar-refractivity contribution in [2.45, 2.75) is 12.5 Å². The van der Waals surface area contributed by atoms with E-state index in [2.05, 4.69) is 24.4 Å². The summed E-state index contributed by atoms with van der Waals surface area (Å²) in [4.78, 5) is 0. The van der Waals surface area contributed by atoms with Gasteiger partial charge in [0.2, 0.25) is 0 Å². The number of hydrogen-bond acceptors (Lipinski definition) is 1. The van der Waals surface area contributed by atoms with Crippen LogP contribution in [0.4, 0.5) is 0 Å². The lowest BCUT2D eigenvalue weighted by molar-refractivity contribution is 0.720. The molecular formula is C13H16N2. The van der Waals surface area contributed by atoms with E-state index >= 15 is 0 Å². The van der Waals surface area contributed by atoms with Gasteiger partial charge in [-0.1, -0.05) is 30.3 Å². The summed E-state index contributed by atoms with van der Waals surface area (Å²) in [5.41, 5.74) is 8.61. The molecule has 0 aliphatic heterocycles. The summed E-state index contributed by atoms with van der Waals surface area (Å²) in [7, 11) is 2.03. The van der Waals surface area contributed by atoms with Gasteiger partial charge in [-0.25, -0.2) is 0 Å². The lowest BCUT2D eigenvalue weighted by Crippen LogP contribution is -2.12. The average Bonchev–Trinajstić information content (AvgIpc) is 2.65. The highest BCUT2D eigenvalue weighted by atomic mass is 14.9. The summed E-state index contributed by atoms with van der Waals surface area (Å²) in [5.74, 6) is 0. The van der Waals surface area contributed by atoms with Crippen molar-refractivity contribution in [1.29, 1.82) is 0 Å². The molecule has 0 saturated heterocycles. The Kier molecular flexibility index (Phi) is 2.88. The van der Waals surface area contributed by atoms with Gasteiger partial charge in [0.1, 0.15) is 0 Å². The van der Waals surface area contributed by atoms with E-state index in [9.17, 15) is 0 Å². The maximum absolute atomic E-state index is 6.13. The molecule has 2 nitrogen and oxygen atoms in total. The standard InChI is InChI=1S/C13H16N2/c1-15-8-7-11(10-15)9-13(14)12-5-3-2-4-6-12/h2-8,10,13H,9,14H2,1H3. The van der Waals surface area contributed by atoms with E-state index in [0.29, 0.717) is 0 Å². The molecule has 0 bridgehead atoms. The Bertz CT molecular complexity index is 417. The van der Waals surface area contributed by atoms with E-state index < -0.39 is 0 Å². The van der Waals surface area contributed by atoms with Crippen LogP contribution in [0.15, 0.2) is 48.8 Å². The van der Waals surface area contributed by atoms with Crippen molar-refractivity contribution in [2.24, 2.45) is 12.8 Å². The van der Waals surface area contributed by atoms with E-state index in [1.54, 1.807) is 0 Å². The highest BCUT2D eigenvalue weighted by Crippen LogP contribution is 2.15. The SMILES string of the molecule is Cn1ccc(CC(N)c2ccccc2)c1. The highest BCUT2D eigenvalue weighted by Gasteiger charge is 2.06. The van der Waals surface area contributed by atoms with Crippen molar-refractivity contribution in [1.82, 2.24) is 4.57 Å². The minimum absolute atomic E-state index is 0.0913. The average molecular weight is 200 g/mol. The van der Waals surface area contributed by atoms with Crippen LogP contribution in [-0.2, 0) is 13.5 Å². The van der Waals surface area contributed by atoms with Crippen LogP contribution in [0.3, 0.4) is 0 Å². The maximum atomic E-state index is 6.13. The van der Waals surface area contributed by atoms with Gasteiger partial charge < -0.3 is 10.3 Å². The second kappa shape index (κ2) is 4.32. The molecule has 2 heteroatoms. The molecule has 2 aromatic rings. The summed E-state index contributed by atoms with van der Waals surface area (Å²) in [5, 5.41) is 0. The Hall–Kier alpha value is -1.54. The minimum Gasteiger partial charge on any atom is -0.357 e.